The number of allylic oxidation sites excluding steroid dienone is 1. The van der Waals surface area contributed by atoms with Gasteiger partial charge in [-0.1, -0.05) is 12.1 Å². The van der Waals surface area contributed by atoms with Gasteiger partial charge in [0.1, 0.15) is 17.7 Å². The Morgan fingerprint density at radius 2 is 1.92 bits per heavy atom. The predicted molar refractivity (Wildman–Crippen MR) is 137 cm³/mol. The lowest BCUT2D eigenvalue weighted by atomic mass is 10.0. The molecule has 3 rings (SSSR count). The van der Waals surface area contributed by atoms with Gasteiger partial charge in [-0.05, 0) is 43.7 Å². The molecule has 0 spiro atoms. The molecule has 1 aromatic carbocycles. The number of likely N-dealkylation sites (N-methyl/N-ethyl adjacent to an activating group) is 1. The van der Waals surface area contributed by atoms with Gasteiger partial charge < -0.3 is 21.3 Å². The van der Waals surface area contributed by atoms with Gasteiger partial charge in [0.25, 0.3) is 0 Å². The Morgan fingerprint density at radius 3 is 2.57 bits per heavy atom. The molecule has 0 radical (unpaired) electrons. The number of aliphatic imine (C=N–C) groups is 1. The summed E-state index contributed by atoms with van der Waals surface area (Å²) in [4.78, 5) is 34.5. The largest absolute Gasteiger partial charge is 0.405 e. The van der Waals surface area contributed by atoms with Gasteiger partial charge in [0.2, 0.25) is 5.91 Å². The number of imidazole rings is 1. The summed E-state index contributed by atoms with van der Waals surface area (Å²) in [7, 11) is 3.33. The topological polar surface area (TPSA) is 117 Å². The SMILES string of the molecule is CN(C)C(=O)C(C)(C)N=CC(=CN)c1ccn2c(-c3cccc(NC(=O)NCC(F)(F)F)c3)cnc2c1. The summed E-state index contributed by atoms with van der Waals surface area (Å²) in [5.74, 6) is -0.150. The monoisotopic (exact) mass is 515 g/mol. The van der Waals surface area contributed by atoms with Crippen LogP contribution >= 0.6 is 0 Å². The van der Waals surface area contributed by atoms with Crippen LogP contribution in [0.4, 0.5) is 23.7 Å². The maximum atomic E-state index is 12.3. The zero-order valence-electron chi connectivity index (χ0n) is 20.8. The Bertz CT molecular complexity index is 1360. The Balaban J connectivity index is 1.83. The highest BCUT2D eigenvalue weighted by atomic mass is 19.4. The summed E-state index contributed by atoms with van der Waals surface area (Å²) >= 11 is 0. The number of urea groups is 1. The number of anilines is 1. The van der Waals surface area contributed by atoms with Crippen molar-refractivity contribution in [2.24, 2.45) is 10.7 Å². The first-order chi connectivity index (χ1) is 17.3. The van der Waals surface area contributed by atoms with E-state index < -0.39 is 24.3 Å². The third-order valence-electron chi connectivity index (χ3n) is 5.35. The lowest BCUT2D eigenvalue weighted by molar-refractivity contribution is -0.133. The van der Waals surface area contributed by atoms with Crippen LogP contribution in [-0.2, 0) is 4.79 Å². The summed E-state index contributed by atoms with van der Waals surface area (Å²) in [5, 5.41) is 4.16. The normalized spacial score (nSPS) is 12.7. The van der Waals surface area contributed by atoms with Crippen LogP contribution < -0.4 is 16.4 Å². The van der Waals surface area contributed by atoms with E-state index in [1.54, 1.807) is 76.1 Å². The standard InChI is InChI=1S/C25H28F3N7O2/c1-24(2,22(36)34(3)4)32-13-18(12-29)16-8-9-35-20(14-30-21(35)11-16)17-6-5-7-19(10-17)33-23(37)31-15-25(26,27)28/h5-14H,15,29H2,1-4H3,(H2,31,33,37). The molecule has 0 bridgehead atoms. The van der Waals surface area contributed by atoms with Gasteiger partial charge in [-0.25, -0.2) is 9.78 Å². The van der Waals surface area contributed by atoms with Gasteiger partial charge >= 0.3 is 12.2 Å². The minimum atomic E-state index is -4.50. The van der Waals surface area contributed by atoms with Crippen LogP contribution in [0.25, 0.3) is 22.5 Å². The molecule has 2 heterocycles. The number of fused-ring (bicyclic) bond motifs is 1. The molecule has 0 unspecified atom stereocenters. The number of alkyl halides is 3. The molecule has 4 N–H and O–H groups in total. The van der Waals surface area contributed by atoms with Crippen molar-refractivity contribution in [1.29, 1.82) is 0 Å². The van der Waals surface area contributed by atoms with E-state index in [0.717, 1.165) is 5.56 Å². The molecular formula is C25H28F3N7O2. The molecule has 196 valence electrons. The molecule has 12 heteroatoms. The van der Waals surface area contributed by atoms with Gasteiger partial charge in [-0.2, -0.15) is 13.2 Å². The Kier molecular flexibility index (Phi) is 7.90. The Morgan fingerprint density at radius 1 is 1.19 bits per heavy atom. The third kappa shape index (κ3) is 6.87. The fourth-order valence-corrected chi connectivity index (χ4v) is 3.53. The number of halogens is 3. The fraction of sp³-hybridized carbons (Fsp3) is 0.280. The maximum Gasteiger partial charge on any atom is 0.405 e. The lowest BCUT2D eigenvalue weighted by Gasteiger charge is -2.23. The molecule has 0 saturated heterocycles. The van der Waals surface area contributed by atoms with Crippen molar-refractivity contribution in [3.05, 3.63) is 60.6 Å². The Labute approximate surface area is 211 Å². The highest BCUT2D eigenvalue weighted by molar-refractivity contribution is 6.10. The van der Waals surface area contributed by atoms with E-state index in [1.807, 2.05) is 16.5 Å². The van der Waals surface area contributed by atoms with Crippen molar-refractivity contribution in [1.82, 2.24) is 19.6 Å². The quantitative estimate of drug-likeness (QED) is 0.414. The van der Waals surface area contributed by atoms with E-state index >= 15 is 0 Å². The molecule has 2 aromatic heterocycles. The average Bonchev–Trinajstić information content (AvgIpc) is 3.26. The van der Waals surface area contributed by atoms with Crippen LogP contribution in [0.1, 0.15) is 19.4 Å². The number of carbonyl (C=O) groups excluding carboxylic acids is 2. The summed E-state index contributed by atoms with van der Waals surface area (Å²) in [6, 6.07) is 9.32. The number of rotatable bonds is 7. The highest BCUT2D eigenvalue weighted by Gasteiger charge is 2.28. The van der Waals surface area contributed by atoms with Crippen molar-refractivity contribution in [3.63, 3.8) is 0 Å². The molecule has 0 aliphatic heterocycles. The van der Waals surface area contributed by atoms with E-state index in [-0.39, 0.29) is 5.91 Å². The smallest absolute Gasteiger partial charge is 0.404 e. The van der Waals surface area contributed by atoms with Crippen LogP contribution in [0.2, 0.25) is 0 Å². The lowest BCUT2D eigenvalue weighted by Crippen LogP contribution is -2.40. The average molecular weight is 516 g/mol. The van der Waals surface area contributed by atoms with Crippen LogP contribution in [0.3, 0.4) is 0 Å². The molecule has 0 saturated carbocycles. The van der Waals surface area contributed by atoms with Crippen LogP contribution in [0.15, 0.2) is 60.0 Å². The molecule has 0 aliphatic rings. The molecular weight excluding hydrogens is 487 g/mol. The summed E-state index contributed by atoms with van der Waals surface area (Å²) < 4.78 is 38.8. The van der Waals surface area contributed by atoms with Crippen LogP contribution in [0, 0.1) is 0 Å². The van der Waals surface area contributed by atoms with Crippen LogP contribution in [0.5, 0.6) is 0 Å². The summed E-state index contributed by atoms with van der Waals surface area (Å²) in [6.07, 6.45) is 1.88. The number of carbonyl (C=O) groups is 2. The zero-order chi connectivity index (χ0) is 27.4. The van der Waals surface area contributed by atoms with E-state index in [4.69, 9.17) is 5.73 Å². The first-order valence-corrected chi connectivity index (χ1v) is 11.2. The van der Waals surface area contributed by atoms with E-state index in [9.17, 15) is 22.8 Å². The van der Waals surface area contributed by atoms with E-state index in [0.29, 0.717) is 28.2 Å². The van der Waals surface area contributed by atoms with Gasteiger partial charge in [0.05, 0.1) is 11.9 Å². The number of nitrogens with one attached hydrogen (secondary N) is 2. The van der Waals surface area contributed by atoms with Crippen LogP contribution in [-0.4, -0.2) is 64.8 Å². The number of pyridine rings is 1. The number of aromatic nitrogens is 2. The zero-order valence-corrected chi connectivity index (χ0v) is 20.8. The van der Waals surface area contributed by atoms with E-state index in [2.05, 4.69) is 15.3 Å². The number of benzene rings is 1. The van der Waals surface area contributed by atoms with Crippen molar-refractivity contribution >= 4 is 35.1 Å². The molecule has 37 heavy (non-hydrogen) atoms. The molecule has 0 aliphatic carbocycles. The number of amides is 3. The van der Waals surface area contributed by atoms with E-state index in [1.165, 1.54) is 11.1 Å². The first-order valence-electron chi connectivity index (χ1n) is 11.2. The third-order valence-corrected chi connectivity index (χ3v) is 5.35. The first kappa shape index (κ1) is 27.2. The molecule has 3 amide bonds. The fourth-order valence-electron chi connectivity index (χ4n) is 3.53. The molecule has 3 aromatic rings. The van der Waals surface area contributed by atoms with Gasteiger partial charge in [-0.15, -0.1) is 0 Å². The second-order valence-corrected chi connectivity index (χ2v) is 8.93. The molecule has 0 atom stereocenters. The summed E-state index contributed by atoms with van der Waals surface area (Å²) in [6.45, 7) is 2.00. The summed E-state index contributed by atoms with van der Waals surface area (Å²) in [5.41, 5.74) is 8.52. The highest BCUT2D eigenvalue weighted by Crippen LogP contribution is 2.25. The number of hydrogen-bond acceptors (Lipinski definition) is 5. The van der Waals surface area contributed by atoms with Crippen molar-refractivity contribution in [3.8, 4) is 11.3 Å². The maximum absolute atomic E-state index is 12.3. The van der Waals surface area contributed by atoms with Gasteiger partial charge in [0, 0.05) is 49.5 Å². The Hall–Kier alpha value is -4.35. The van der Waals surface area contributed by atoms with Crippen molar-refractivity contribution in [2.75, 3.05) is 26.0 Å². The van der Waals surface area contributed by atoms with Crippen molar-refractivity contribution < 1.29 is 22.8 Å². The minimum absolute atomic E-state index is 0.150. The molecule has 0 fully saturated rings. The second-order valence-electron chi connectivity index (χ2n) is 8.93. The number of nitrogens with two attached hydrogens (primary N) is 1. The van der Waals surface area contributed by atoms with Crippen molar-refractivity contribution in [2.45, 2.75) is 25.6 Å². The van der Waals surface area contributed by atoms with Gasteiger partial charge in [-0.3, -0.25) is 14.2 Å². The molecule has 9 nitrogen and oxygen atoms in total. The minimum Gasteiger partial charge on any atom is -0.404 e. The number of hydrogen-bond donors (Lipinski definition) is 3. The number of nitrogens with zero attached hydrogens (tertiary/aromatic N) is 4. The van der Waals surface area contributed by atoms with Gasteiger partial charge in [0.15, 0.2) is 0 Å². The predicted octanol–water partition coefficient (Wildman–Crippen LogP) is 3.92. The second kappa shape index (κ2) is 10.7.